The van der Waals surface area contributed by atoms with Gasteiger partial charge in [-0.1, -0.05) is 6.42 Å². The second-order valence-electron chi connectivity index (χ2n) is 5.26. The van der Waals surface area contributed by atoms with Gasteiger partial charge in [0.2, 0.25) is 0 Å². The van der Waals surface area contributed by atoms with E-state index in [1.807, 2.05) is 0 Å². The summed E-state index contributed by atoms with van der Waals surface area (Å²) in [7, 11) is 0. The number of halogens is 1. The molecule has 2 aliphatic carbocycles. The molecule has 0 saturated heterocycles. The number of carbonyl (C=O) groups excluding carboxylic acids is 1. The van der Waals surface area contributed by atoms with E-state index in [1.165, 1.54) is 43.5 Å². The Bertz CT molecular complexity index is 428. The van der Waals surface area contributed by atoms with E-state index >= 15 is 0 Å². The molecule has 90 valence electrons. The van der Waals surface area contributed by atoms with Crippen LogP contribution in [0.2, 0.25) is 0 Å². The van der Waals surface area contributed by atoms with Crippen molar-refractivity contribution in [3.05, 3.63) is 35.6 Å². The maximum Gasteiger partial charge on any atom is 0.251 e. The molecule has 3 rings (SSSR count). The van der Waals surface area contributed by atoms with E-state index in [4.69, 9.17) is 0 Å². The fourth-order valence-corrected chi connectivity index (χ4v) is 3.27. The average Bonchev–Trinajstić information content (AvgIpc) is 2.91. The Balaban J connectivity index is 1.65. The largest absolute Gasteiger partial charge is 0.349 e. The van der Waals surface area contributed by atoms with E-state index in [0.29, 0.717) is 17.5 Å². The lowest BCUT2D eigenvalue weighted by Gasteiger charge is -2.22. The van der Waals surface area contributed by atoms with Crippen LogP contribution in [0.25, 0.3) is 0 Å². The Labute approximate surface area is 100 Å². The van der Waals surface area contributed by atoms with Crippen molar-refractivity contribution in [3.63, 3.8) is 0 Å². The first-order valence-corrected chi connectivity index (χ1v) is 6.29. The lowest BCUT2D eigenvalue weighted by Crippen LogP contribution is -2.38. The summed E-state index contributed by atoms with van der Waals surface area (Å²) in [5.41, 5.74) is 0.550. The first kappa shape index (κ1) is 10.8. The smallest absolute Gasteiger partial charge is 0.251 e. The van der Waals surface area contributed by atoms with Crippen molar-refractivity contribution in [3.8, 4) is 0 Å². The van der Waals surface area contributed by atoms with Gasteiger partial charge < -0.3 is 5.32 Å². The summed E-state index contributed by atoms with van der Waals surface area (Å²) in [6, 6.07) is 6.08. The minimum atomic E-state index is -0.304. The van der Waals surface area contributed by atoms with Crippen molar-refractivity contribution in [2.75, 3.05) is 0 Å². The highest BCUT2D eigenvalue weighted by Gasteiger charge is 2.40. The Morgan fingerprint density at radius 3 is 2.53 bits per heavy atom. The summed E-state index contributed by atoms with van der Waals surface area (Å²) in [6.45, 7) is 0. The molecule has 2 aliphatic rings. The van der Waals surface area contributed by atoms with E-state index in [0.717, 1.165) is 12.3 Å². The Kier molecular flexibility index (Phi) is 2.61. The third-order valence-corrected chi connectivity index (χ3v) is 4.16. The molecule has 0 aromatic heterocycles. The summed E-state index contributed by atoms with van der Waals surface area (Å²) in [4.78, 5) is 12.0. The molecule has 0 spiro atoms. The third-order valence-electron chi connectivity index (χ3n) is 4.16. The van der Waals surface area contributed by atoms with Crippen molar-refractivity contribution in [2.45, 2.75) is 31.7 Å². The Morgan fingerprint density at radius 1 is 1.18 bits per heavy atom. The minimum Gasteiger partial charge on any atom is -0.349 e. The maximum atomic E-state index is 12.7. The molecule has 0 heterocycles. The molecular formula is C14H16FNO. The number of carbonyl (C=O) groups is 1. The first-order valence-electron chi connectivity index (χ1n) is 6.29. The van der Waals surface area contributed by atoms with Crippen LogP contribution in [0, 0.1) is 17.7 Å². The molecule has 2 bridgehead atoms. The van der Waals surface area contributed by atoms with Gasteiger partial charge in [-0.15, -0.1) is 0 Å². The quantitative estimate of drug-likeness (QED) is 0.836. The van der Waals surface area contributed by atoms with Gasteiger partial charge in [0, 0.05) is 11.6 Å². The second-order valence-corrected chi connectivity index (χ2v) is 5.26. The lowest BCUT2D eigenvalue weighted by molar-refractivity contribution is 0.0923. The number of hydrogen-bond donors (Lipinski definition) is 1. The topological polar surface area (TPSA) is 29.1 Å². The van der Waals surface area contributed by atoms with Crippen molar-refractivity contribution in [1.82, 2.24) is 5.32 Å². The molecule has 0 aliphatic heterocycles. The van der Waals surface area contributed by atoms with E-state index in [1.54, 1.807) is 0 Å². The van der Waals surface area contributed by atoms with Crippen LogP contribution in [-0.2, 0) is 0 Å². The molecule has 2 fully saturated rings. The zero-order chi connectivity index (χ0) is 11.8. The second kappa shape index (κ2) is 4.13. The van der Waals surface area contributed by atoms with Crippen LogP contribution in [0.5, 0.6) is 0 Å². The van der Waals surface area contributed by atoms with Crippen molar-refractivity contribution in [1.29, 1.82) is 0 Å². The van der Waals surface area contributed by atoms with Gasteiger partial charge in [-0.3, -0.25) is 4.79 Å². The highest BCUT2D eigenvalue weighted by molar-refractivity contribution is 5.94. The van der Waals surface area contributed by atoms with E-state index in [9.17, 15) is 9.18 Å². The van der Waals surface area contributed by atoms with Gasteiger partial charge in [-0.25, -0.2) is 4.39 Å². The van der Waals surface area contributed by atoms with Crippen molar-refractivity contribution in [2.24, 2.45) is 11.8 Å². The van der Waals surface area contributed by atoms with E-state index < -0.39 is 0 Å². The summed E-state index contributed by atoms with van der Waals surface area (Å²) >= 11 is 0. The van der Waals surface area contributed by atoms with Crippen LogP contribution in [0.15, 0.2) is 24.3 Å². The Hall–Kier alpha value is -1.38. The summed E-state index contributed by atoms with van der Waals surface area (Å²) in [5.74, 6) is 1.12. The molecular weight excluding hydrogens is 217 g/mol. The normalized spacial score (nSPS) is 30.5. The predicted octanol–water partition coefficient (Wildman–Crippen LogP) is 2.74. The molecule has 3 atom stereocenters. The molecule has 1 aromatic carbocycles. The van der Waals surface area contributed by atoms with E-state index in [2.05, 4.69) is 5.32 Å². The van der Waals surface area contributed by atoms with Crippen LogP contribution in [0.1, 0.15) is 36.0 Å². The van der Waals surface area contributed by atoms with Crippen LogP contribution in [0.3, 0.4) is 0 Å². The van der Waals surface area contributed by atoms with Crippen LogP contribution in [-0.4, -0.2) is 11.9 Å². The molecule has 0 radical (unpaired) electrons. The van der Waals surface area contributed by atoms with Crippen LogP contribution < -0.4 is 5.32 Å². The van der Waals surface area contributed by atoms with Gasteiger partial charge in [-0.05, 0) is 55.4 Å². The predicted molar refractivity (Wildman–Crippen MR) is 63.1 cm³/mol. The first-order chi connectivity index (χ1) is 8.22. The average molecular weight is 233 g/mol. The number of benzene rings is 1. The molecule has 2 saturated carbocycles. The Morgan fingerprint density at radius 2 is 1.94 bits per heavy atom. The van der Waals surface area contributed by atoms with Gasteiger partial charge in [0.1, 0.15) is 5.82 Å². The summed E-state index contributed by atoms with van der Waals surface area (Å²) in [5, 5.41) is 3.08. The van der Waals surface area contributed by atoms with Crippen molar-refractivity contribution >= 4 is 5.91 Å². The van der Waals surface area contributed by atoms with Crippen molar-refractivity contribution < 1.29 is 9.18 Å². The molecule has 17 heavy (non-hydrogen) atoms. The number of nitrogens with one attached hydrogen (secondary N) is 1. The van der Waals surface area contributed by atoms with Gasteiger partial charge in [0.15, 0.2) is 0 Å². The molecule has 1 amide bonds. The fraction of sp³-hybridized carbons (Fsp3) is 0.500. The maximum absolute atomic E-state index is 12.7. The highest BCUT2D eigenvalue weighted by atomic mass is 19.1. The van der Waals surface area contributed by atoms with E-state index in [-0.39, 0.29) is 11.7 Å². The highest BCUT2D eigenvalue weighted by Crippen LogP contribution is 2.44. The number of hydrogen-bond acceptors (Lipinski definition) is 1. The number of amides is 1. The minimum absolute atomic E-state index is 0.0671. The van der Waals surface area contributed by atoms with Gasteiger partial charge in [0.05, 0.1) is 0 Å². The molecule has 1 aromatic rings. The third kappa shape index (κ3) is 2.06. The lowest BCUT2D eigenvalue weighted by atomic mass is 9.95. The van der Waals surface area contributed by atoms with Crippen LogP contribution in [0.4, 0.5) is 4.39 Å². The van der Waals surface area contributed by atoms with Gasteiger partial charge in [-0.2, -0.15) is 0 Å². The number of rotatable bonds is 2. The zero-order valence-electron chi connectivity index (χ0n) is 9.66. The zero-order valence-corrected chi connectivity index (χ0v) is 9.66. The summed E-state index contributed by atoms with van der Waals surface area (Å²) in [6.07, 6.45) is 4.97. The summed E-state index contributed by atoms with van der Waals surface area (Å²) < 4.78 is 12.7. The van der Waals surface area contributed by atoms with Gasteiger partial charge in [0.25, 0.3) is 5.91 Å². The number of fused-ring (bicyclic) bond motifs is 2. The fourth-order valence-electron chi connectivity index (χ4n) is 3.27. The van der Waals surface area contributed by atoms with Crippen LogP contribution >= 0.6 is 0 Å². The standard InChI is InChI=1S/C14H16FNO/c15-12-5-3-10(4-6-12)14(17)16-13-8-9-1-2-11(13)7-9/h3-6,9,11,13H,1-2,7-8H2,(H,16,17)/t9-,11+,13-/m0/s1. The molecule has 0 unspecified atom stereocenters. The molecule has 3 heteroatoms. The molecule has 1 N–H and O–H groups in total. The molecule has 2 nitrogen and oxygen atoms in total. The van der Waals surface area contributed by atoms with Gasteiger partial charge >= 0.3 is 0 Å². The SMILES string of the molecule is O=C(N[C@H]1C[C@H]2CC[C@@H]1C2)c1ccc(F)cc1. The monoisotopic (exact) mass is 233 g/mol.